The second-order valence-corrected chi connectivity index (χ2v) is 8.53. The summed E-state index contributed by atoms with van der Waals surface area (Å²) >= 11 is 0. The maximum atomic E-state index is 16.4. The van der Waals surface area contributed by atoms with E-state index in [2.05, 4.69) is 4.74 Å². The zero-order valence-electron chi connectivity index (χ0n) is 16.7. The minimum atomic E-state index is -7.77. The van der Waals surface area contributed by atoms with Gasteiger partial charge in [-0.05, 0) is 0 Å². The van der Waals surface area contributed by atoms with Gasteiger partial charge in [0.05, 0.1) is 5.56 Å². The lowest BCUT2D eigenvalue weighted by Gasteiger charge is -2.68. The number of nitrogens with zero attached hydrogens (tertiary/aromatic N) is 1. The van der Waals surface area contributed by atoms with Crippen LogP contribution in [-0.4, -0.2) is 56.6 Å². The molecule has 5 atom stereocenters. The van der Waals surface area contributed by atoms with E-state index >= 15 is 30.7 Å². The number of phenolic OH excluding ortho intramolecular Hbond substituents is 1. The second kappa shape index (κ2) is 6.04. The van der Waals surface area contributed by atoms with E-state index in [0.29, 0.717) is 0 Å². The van der Waals surface area contributed by atoms with Crippen molar-refractivity contribution in [3.05, 3.63) is 34.4 Å². The standard InChI is InChI=1S/C17H2F17NO3/c18-3-1-2-6(5(36)4(3)19)38-15(29)9(2)10(22,7(20)8(21)12(15,25)37)14(28,11(1,23)24)35(17(32,33)34)16(30,31)13(9,26)27/h36-37H/t9-,10+,12+,14+,15-/m1/s1. The lowest BCUT2D eigenvalue weighted by atomic mass is 9.45. The van der Waals surface area contributed by atoms with Gasteiger partial charge in [-0.1, -0.05) is 0 Å². The molecule has 38 heavy (non-hydrogen) atoms. The number of halogens is 17. The first-order valence-corrected chi connectivity index (χ1v) is 9.24. The molecule has 1 spiro atoms. The Hall–Kier alpha value is -2.71. The van der Waals surface area contributed by atoms with Crippen LogP contribution in [0, 0.1) is 11.6 Å². The van der Waals surface area contributed by atoms with E-state index in [1.807, 2.05) is 0 Å². The molecule has 4 nitrogen and oxygen atoms in total. The molecule has 0 radical (unpaired) electrons. The fourth-order valence-corrected chi connectivity index (χ4v) is 5.64. The van der Waals surface area contributed by atoms with E-state index in [4.69, 9.17) is 0 Å². The Labute approximate surface area is 194 Å². The van der Waals surface area contributed by atoms with Gasteiger partial charge >= 0.3 is 35.9 Å². The molecule has 212 valence electrons. The number of rotatable bonds is 0. The number of ether oxygens (including phenoxy) is 1. The van der Waals surface area contributed by atoms with Crippen LogP contribution < -0.4 is 4.74 Å². The predicted molar refractivity (Wildman–Crippen MR) is 78.8 cm³/mol. The summed E-state index contributed by atoms with van der Waals surface area (Å²) in [5, 5.41) is 19.1. The normalized spacial score (nSPS) is 42.2. The molecule has 2 aliphatic carbocycles. The third-order valence-electron chi connectivity index (χ3n) is 7.02. The summed E-state index contributed by atoms with van der Waals surface area (Å²) in [5.41, 5.74) is -21.2. The Balaban J connectivity index is 2.25. The number of hydrogen-bond acceptors (Lipinski definition) is 4. The Morgan fingerprint density at radius 1 is 0.737 bits per heavy atom. The molecule has 2 heterocycles. The van der Waals surface area contributed by atoms with Gasteiger partial charge in [0.1, 0.15) is 0 Å². The van der Waals surface area contributed by atoms with Gasteiger partial charge < -0.3 is 14.9 Å². The first-order chi connectivity index (χ1) is 16.8. The van der Waals surface area contributed by atoms with E-state index in [0.717, 1.165) is 0 Å². The van der Waals surface area contributed by atoms with Gasteiger partial charge in [-0.3, -0.25) is 0 Å². The van der Waals surface area contributed by atoms with Crippen LogP contribution in [0.2, 0.25) is 0 Å². The predicted octanol–water partition coefficient (Wildman–Crippen LogP) is 5.33. The Morgan fingerprint density at radius 3 is 1.71 bits per heavy atom. The highest BCUT2D eigenvalue weighted by Gasteiger charge is 3.09. The number of likely N-dealkylation sites (tertiary alicyclic amines) is 1. The lowest BCUT2D eigenvalue weighted by molar-refractivity contribution is -0.530. The summed E-state index contributed by atoms with van der Waals surface area (Å²) in [5.74, 6) is -57.3. The number of hydrogen-bond donors (Lipinski definition) is 2. The quantitative estimate of drug-likeness (QED) is 0.317. The molecule has 5 rings (SSSR count). The summed E-state index contributed by atoms with van der Waals surface area (Å²) in [7, 11) is 0. The highest BCUT2D eigenvalue weighted by atomic mass is 19.4. The molecular formula is C17H2F17NO3. The van der Waals surface area contributed by atoms with Crippen molar-refractivity contribution < 1.29 is 89.6 Å². The Bertz CT molecular complexity index is 1370. The van der Waals surface area contributed by atoms with E-state index in [9.17, 15) is 54.1 Å². The van der Waals surface area contributed by atoms with Gasteiger partial charge in [0, 0.05) is 5.56 Å². The number of aromatic hydroxyl groups is 1. The van der Waals surface area contributed by atoms with Crippen molar-refractivity contribution in [3.63, 3.8) is 0 Å². The number of alkyl halides is 13. The molecular weight excluding hydrogens is 589 g/mol. The average Bonchev–Trinajstić information content (AvgIpc) is 3.04. The Kier molecular flexibility index (Phi) is 4.28. The molecule has 1 fully saturated rings. The van der Waals surface area contributed by atoms with Gasteiger partial charge in [-0.15, -0.1) is 4.90 Å². The molecule has 2 aliphatic heterocycles. The molecule has 1 saturated heterocycles. The molecule has 0 unspecified atom stereocenters. The zero-order valence-corrected chi connectivity index (χ0v) is 16.7. The van der Waals surface area contributed by atoms with Crippen LogP contribution in [0.1, 0.15) is 11.1 Å². The SMILES string of the molecule is Oc1c(F)c(F)c2c3c1O[C@]1(F)[C@]34C(F)(F)C(F)(F)N(C(F)(F)F)[C@](F)(C2(F)F)[C@]4(F)C(F)=C(F)[C@@]1(O)F. The maximum Gasteiger partial charge on any atom is 0.467 e. The summed E-state index contributed by atoms with van der Waals surface area (Å²) in [6, 6.07) is -7.77. The minimum Gasteiger partial charge on any atom is -0.502 e. The van der Waals surface area contributed by atoms with Crippen molar-refractivity contribution in [1.29, 1.82) is 0 Å². The van der Waals surface area contributed by atoms with Crippen molar-refractivity contribution >= 4 is 0 Å². The van der Waals surface area contributed by atoms with Crippen LogP contribution >= 0.6 is 0 Å². The molecule has 1 aromatic carbocycles. The lowest BCUT2D eigenvalue weighted by Crippen LogP contribution is -2.96. The molecule has 1 aromatic rings. The van der Waals surface area contributed by atoms with E-state index in [1.54, 1.807) is 0 Å². The zero-order chi connectivity index (χ0) is 29.4. The molecule has 0 aromatic heterocycles. The highest BCUT2D eigenvalue weighted by molar-refractivity contribution is 5.71. The van der Waals surface area contributed by atoms with Crippen molar-refractivity contribution in [1.82, 2.24) is 4.90 Å². The smallest absolute Gasteiger partial charge is 0.467 e. The fourth-order valence-electron chi connectivity index (χ4n) is 5.64. The van der Waals surface area contributed by atoms with Gasteiger partial charge in [0.2, 0.25) is 17.3 Å². The Morgan fingerprint density at radius 2 is 1.24 bits per heavy atom. The molecule has 0 amide bonds. The first-order valence-electron chi connectivity index (χ1n) is 9.24. The van der Waals surface area contributed by atoms with E-state index in [1.165, 1.54) is 0 Å². The van der Waals surface area contributed by atoms with Crippen LogP contribution in [0.3, 0.4) is 0 Å². The third kappa shape index (κ3) is 1.90. The number of phenols is 1. The van der Waals surface area contributed by atoms with Crippen LogP contribution in [0.25, 0.3) is 0 Å². The summed E-state index contributed by atoms with van der Waals surface area (Å²) in [6.45, 7) is 0. The summed E-state index contributed by atoms with van der Waals surface area (Å²) in [6.07, 6.45) is -7.70. The number of benzene rings is 1. The number of piperidine rings is 1. The highest BCUT2D eigenvalue weighted by Crippen LogP contribution is 2.85. The van der Waals surface area contributed by atoms with Gasteiger partial charge in [0.25, 0.3) is 5.79 Å². The first kappa shape index (κ1) is 26.9. The molecule has 0 saturated carbocycles. The monoisotopic (exact) mass is 591 g/mol. The van der Waals surface area contributed by atoms with Crippen LogP contribution in [0.15, 0.2) is 11.7 Å². The maximum absolute atomic E-state index is 16.4. The van der Waals surface area contributed by atoms with Gasteiger partial charge in [0.15, 0.2) is 28.6 Å². The molecule has 2 N–H and O–H groups in total. The van der Waals surface area contributed by atoms with Crippen LogP contribution in [0.4, 0.5) is 74.6 Å². The van der Waals surface area contributed by atoms with Crippen LogP contribution in [0.5, 0.6) is 11.5 Å². The fraction of sp³-hybridized carbons (Fsp3) is 0.529. The third-order valence-corrected chi connectivity index (χ3v) is 7.02. The largest absolute Gasteiger partial charge is 0.502 e. The van der Waals surface area contributed by atoms with Crippen LogP contribution in [-0.2, 0) is 11.3 Å². The molecule has 4 aliphatic rings. The van der Waals surface area contributed by atoms with Crippen molar-refractivity contribution in [2.45, 2.75) is 52.8 Å². The van der Waals surface area contributed by atoms with Crippen molar-refractivity contribution in [2.75, 3.05) is 0 Å². The van der Waals surface area contributed by atoms with E-state index in [-0.39, 0.29) is 0 Å². The summed E-state index contributed by atoms with van der Waals surface area (Å²) in [4.78, 5) is -4.03. The second-order valence-electron chi connectivity index (χ2n) is 8.53. The number of aliphatic hydroxyl groups is 1. The van der Waals surface area contributed by atoms with Gasteiger partial charge in [-0.25, -0.2) is 22.0 Å². The topological polar surface area (TPSA) is 52.9 Å². The van der Waals surface area contributed by atoms with E-state index < -0.39 is 104 Å². The average molecular weight is 591 g/mol. The van der Waals surface area contributed by atoms with Crippen molar-refractivity contribution in [3.8, 4) is 11.5 Å². The molecule has 2 bridgehead atoms. The van der Waals surface area contributed by atoms with Crippen molar-refractivity contribution in [2.24, 2.45) is 0 Å². The van der Waals surface area contributed by atoms with Gasteiger partial charge in [-0.2, -0.15) is 52.7 Å². The summed E-state index contributed by atoms with van der Waals surface area (Å²) < 4.78 is 257. The molecule has 21 heteroatoms. The minimum absolute atomic E-state index is 2.89.